The highest BCUT2D eigenvalue weighted by molar-refractivity contribution is 7.89. The molecule has 0 saturated carbocycles. The fourth-order valence-electron chi connectivity index (χ4n) is 3.90. The van der Waals surface area contributed by atoms with E-state index in [9.17, 15) is 18.0 Å². The number of sulfonamides is 1. The Morgan fingerprint density at radius 1 is 1.10 bits per heavy atom. The summed E-state index contributed by atoms with van der Waals surface area (Å²) in [7, 11) is -1.76. The number of carbonyl (C=O) groups is 2. The molecule has 1 atom stereocenters. The molecule has 2 amide bonds. The first-order chi connectivity index (χ1) is 13.9. The summed E-state index contributed by atoms with van der Waals surface area (Å²) in [5, 5.41) is 2.87. The third-order valence-electron chi connectivity index (χ3n) is 5.46. The number of nitrogens with one attached hydrogen (secondary N) is 1. The molecule has 0 aromatic rings. The van der Waals surface area contributed by atoms with Crippen LogP contribution in [0.2, 0.25) is 0 Å². The Labute approximate surface area is 174 Å². The summed E-state index contributed by atoms with van der Waals surface area (Å²) in [5.41, 5.74) is 0. The van der Waals surface area contributed by atoms with Crippen molar-refractivity contribution in [3.05, 3.63) is 0 Å². The lowest BCUT2D eigenvalue weighted by Crippen LogP contribution is -2.58. The van der Waals surface area contributed by atoms with Crippen LogP contribution in [0.3, 0.4) is 0 Å². The summed E-state index contributed by atoms with van der Waals surface area (Å²) in [6, 6.07) is -0.573. The molecule has 0 bridgehead atoms. The SMILES string of the molecule is CCCS(=O)(=O)N1CCCCC1C(=O)N1CCN(CC(=O)NCCCOC)CC1. The third kappa shape index (κ3) is 7.20. The Morgan fingerprint density at radius 2 is 1.83 bits per heavy atom. The molecule has 0 radical (unpaired) electrons. The number of methoxy groups -OCH3 is 1. The average Bonchev–Trinajstić information content (AvgIpc) is 2.71. The monoisotopic (exact) mass is 432 g/mol. The maximum Gasteiger partial charge on any atom is 0.241 e. The average molecular weight is 433 g/mol. The van der Waals surface area contributed by atoms with Crippen LogP contribution in [0, 0.1) is 0 Å². The summed E-state index contributed by atoms with van der Waals surface area (Å²) in [6.45, 7) is 6.07. The molecule has 2 fully saturated rings. The van der Waals surface area contributed by atoms with E-state index in [2.05, 4.69) is 5.32 Å². The number of carbonyl (C=O) groups excluding carboxylic acids is 2. The fourth-order valence-corrected chi connectivity index (χ4v) is 5.64. The van der Waals surface area contributed by atoms with Crippen molar-refractivity contribution in [2.24, 2.45) is 0 Å². The molecule has 2 saturated heterocycles. The second-order valence-electron chi connectivity index (χ2n) is 7.74. The fraction of sp³-hybridized carbons (Fsp3) is 0.895. The number of hydrogen-bond acceptors (Lipinski definition) is 6. The van der Waals surface area contributed by atoms with Gasteiger partial charge >= 0.3 is 0 Å². The van der Waals surface area contributed by atoms with E-state index >= 15 is 0 Å². The molecule has 0 aromatic heterocycles. The lowest BCUT2D eigenvalue weighted by atomic mass is 10.0. The molecule has 0 spiro atoms. The van der Waals surface area contributed by atoms with Crippen LogP contribution in [0.4, 0.5) is 0 Å². The molecule has 29 heavy (non-hydrogen) atoms. The molecule has 168 valence electrons. The highest BCUT2D eigenvalue weighted by Crippen LogP contribution is 2.23. The number of nitrogens with zero attached hydrogens (tertiary/aromatic N) is 3. The standard InChI is InChI=1S/C19H36N4O5S/c1-3-15-29(26,27)23-9-5-4-7-17(23)19(25)22-12-10-21(11-13-22)16-18(24)20-8-6-14-28-2/h17H,3-16H2,1-2H3,(H,20,24). The molecular weight excluding hydrogens is 396 g/mol. The van der Waals surface area contributed by atoms with E-state index < -0.39 is 16.1 Å². The van der Waals surface area contributed by atoms with Crippen LogP contribution < -0.4 is 5.32 Å². The zero-order valence-corrected chi connectivity index (χ0v) is 18.6. The minimum Gasteiger partial charge on any atom is -0.385 e. The lowest BCUT2D eigenvalue weighted by Gasteiger charge is -2.40. The molecule has 2 rings (SSSR count). The molecule has 1 unspecified atom stereocenters. The Kier molecular flexibility index (Phi) is 9.81. The number of ether oxygens (including phenoxy) is 1. The molecule has 0 aromatic carbocycles. The van der Waals surface area contributed by atoms with E-state index in [0.29, 0.717) is 65.3 Å². The molecular formula is C19H36N4O5S. The first kappa shape index (κ1) is 24.0. The highest BCUT2D eigenvalue weighted by Gasteiger charge is 2.38. The minimum atomic E-state index is -3.39. The quantitative estimate of drug-likeness (QED) is 0.483. The van der Waals surface area contributed by atoms with E-state index in [1.807, 2.05) is 11.8 Å². The predicted octanol–water partition coefficient (Wildman–Crippen LogP) is -0.122. The molecule has 0 aliphatic carbocycles. The number of piperidine rings is 1. The zero-order chi connectivity index (χ0) is 21.3. The van der Waals surface area contributed by atoms with Crippen molar-refractivity contribution in [1.82, 2.24) is 19.4 Å². The maximum absolute atomic E-state index is 13.1. The molecule has 2 heterocycles. The first-order valence-electron chi connectivity index (χ1n) is 10.7. The van der Waals surface area contributed by atoms with Crippen molar-refractivity contribution in [2.45, 2.75) is 45.1 Å². The molecule has 2 aliphatic heterocycles. The van der Waals surface area contributed by atoms with Gasteiger partial charge in [-0.3, -0.25) is 14.5 Å². The van der Waals surface area contributed by atoms with Crippen LogP contribution in [0.5, 0.6) is 0 Å². The van der Waals surface area contributed by atoms with Gasteiger partial charge in [0.05, 0.1) is 12.3 Å². The van der Waals surface area contributed by atoms with E-state index in [1.54, 1.807) is 12.0 Å². The van der Waals surface area contributed by atoms with Gasteiger partial charge in [-0.2, -0.15) is 4.31 Å². The minimum absolute atomic E-state index is 0.0232. The zero-order valence-electron chi connectivity index (χ0n) is 17.8. The van der Waals surface area contributed by atoms with Gasteiger partial charge in [0.1, 0.15) is 6.04 Å². The topological polar surface area (TPSA) is 99.3 Å². The van der Waals surface area contributed by atoms with Crippen molar-refractivity contribution in [3.63, 3.8) is 0 Å². The van der Waals surface area contributed by atoms with Gasteiger partial charge in [-0.25, -0.2) is 8.42 Å². The molecule has 10 heteroatoms. The van der Waals surface area contributed by atoms with E-state index in [4.69, 9.17) is 4.74 Å². The van der Waals surface area contributed by atoms with Crippen LogP contribution in [0.15, 0.2) is 0 Å². The van der Waals surface area contributed by atoms with Crippen molar-refractivity contribution < 1.29 is 22.7 Å². The Hall–Kier alpha value is -1.23. The normalized spacial score (nSPS) is 21.9. The largest absolute Gasteiger partial charge is 0.385 e. The summed E-state index contributed by atoms with van der Waals surface area (Å²) >= 11 is 0. The van der Waals surface area contributed by atoms with Crippen molar-refractivity contribution in [1.29, 1.82) is 0 Å². The van der Waals surface area contributed by atoms with Gasteiger partial charge < -0.3 is 15.0 Å². The number of amides is 2. The highest BCUT2D eigenvalue weighted by atomic mass is 32.2. The van der Waals surface area contributed by atoms with E-state index in [0.717, 1.165) is 19.3 Å². The second-order valence-corrected chi connectivity index (χ2v) is 9.78. The molecule has 1 N–H and O–H groups in total. The molecule has 9 nitrogen and oxygen atoms in total. The van der Waals surface area contributed by atoms with Crippen LogP contribution in [0.25, 0.3) is 0 Å². The van der Waals surface area contributed by atoms with Gasteiger partial charge in [-0.1, -0.05) is 13.3 Å². The number of rotatable bonds is 10. The lowest BCUT2D eigenvalue weighted by molar-refractivity contribution is -0.138. The summed E-state index contributed by atoms with van der Waals surface area (Å²) in [6.07, 6.45) is 3.60. The van der Waals surface area contributed by atoms with Crippen LogP contribution in [0.1, 0.15) is 39.0 Å². The summed E-state index contributed by atoms with van der Waals surface area (Å²) in [5.74, 6) is -0.0256. The van der Waals surface area contributed by atoms with Gasteiger partial charge in [-0.05, 0) is 25.7 Å². The number of hydrogen-bond donors (Lipinski definition) is 1. The van der Waals surface area contributed by atoms with Gasteiger partial charge in [0, 0.05) is 53.0 Å². The molecule has 2 aliphatic rings. The maximum atomic E-state index is 13.1. The van der Waals surface area contributed by atoms with Gasteiger partial charge in [0.25, 0.3) is 0 Å². The third-order valence-corrected chi connectivity index (χ3v) is 7.53. The van der Waals surface area contributed by atoms with Crippen LogP contribution in [-0.4, -0.2) is 106 Å². The Bertz CT molecular complexity index is 635. The summed E-state index contributed by atoms with van der Waals surface area (Å²) in [4.78, 5) is 28.9. The van der Waals surface area contributed by atoms with E-state index in [1.165, 1.54) is 4.31 Å². The smallest absolute Gasteiger partial charge is 0.241 e. The van der Waals surface area contributed by atoms with Gasteiger partial charge in [0.2, 0.25) is 21.8 Å². The van der Waals surface area contributed by atoms with E-state index in [-0.39, 0.29) is 17.6 Å². The Balaban J connectivity index is 1.83. The van der Waals surface area contributed by atoms with Crippen molar-refractivity contribution in [2.75, 3.05) is 65.3 Å². The first-order valence-corrected chi connectivity index (χ1v) is 12.3. The van der Waals surface area contributed by atoms with Gasteiger partial charge in [-0.15, -0.1) is 0 Å². The van der Waals surface area contributed by atoms with Gasteiger partial charge in [0.15, 0.2) is 0 Å². The summed E-state index contributed by atoms with van der Waals surface area (Å²) < 4.78 is 31.5. The van der Waals surface area contributed by atoms with Crippen molar-refractivity contribution >= 4 is 21.8 Å². The second kappa shape index (κ2) is 11.8. The van der Waals surface area contributed by atoms with Crippen LogP contribution >= 0.6 is 0 Å². The number of piperazine rings is 1. The van der Waals surface area contributed by atoms with Crippen LogP contribution in [-0.2, 0) is 24.3 Å². The Morgan fingerprint density at radius 3 is 2.48 bits per heavy atom. The van der Waals surface area contributed by atoms with Crippen molar-refractivity contribution in [3.8, 4) is 0 Å². The predicted molar refractivity (Wildman–Crippen MR) is 111 cm³/mol.